The topological polar surface area (TPSA) is 57.6 Å². The lowest BCUT2D eigenvalue weighted by molar-refractivity contribution is -0.145. The summed E-state index contributed by atoms with van der Waals surface area (Å²) in [6, 6.07) is 6.17. The number of piperidine rings is 1. The summed E-state index contributed by atoms with van der Waals surface area (Å²) in [5.41, 5.74) is 0.584. The summed E-state index contributed by atoms with van der Waals surface area (Å²) in [7, 11) is 0. The fraction of sp³-hybridized carbons (Fsp3) is 0.385. The number of carbonyl (C=O) groups excluding carboxylic acids is 1. The summed E-state index contributed by atoms with van der Waals surface area (Å²) >= 11 is 6.05. The van der Waals surface area contributed by atoms with Crippen molar-refractivity contribution in [1.29, 1.82) is 0 Å². The second-order valence-corrected chi connectivity index (χ2v) is 4.74. The Labute approximate surface area is 110 Å². The monoisotopic (exact) mass is 267 g/mol. The number of carboxylic acid groups (broad SMARTS) is 1. The van der Waals surface area contributed by atoms with Gasteiger partial charge in [-0.15, -0.1) is 0 Å². The first-order valence-electron chi connectivity index (χ1n) is 5.82. The van der Waals surface area contributed by atoms with Gasteiger partial charge in [-0.2, -0.15) is 0 Å². The van der Waals surface area contributed by atoms with Gasteiger partial charge in [-0.05, 0) is 11.6 Å². The smallest absolute Gasteiger partial charge is 0.325 e. The van der Waals surface area contributed by atoms with Crippen LogP contribution in [-0.2, 0) is 9.59 Å². The highest BCUT2D eigenvalue weighted by Gasteiger charge is 2.31. The van der Waals surface area contributed by atoms with Gasteiger partial charge in [0.05, 0.1) is 0 Å². The molecule has 18 heavy (non-hydrogen) atoms. The molecule has 1 aliphatic rings. The Morgan fingerprint density at radius 1 is 1.28 bits per heavy atom. The molecule has 4 nitrogen and oxygen atoms in total. The van der Waals surface area contributed by atoms with Crippen molar-refractivity contribution < 1.29 is 14.7 Å². The number of carbonyl (C=O) groups is 2. The molecule has 1 fully saturated rings. The van der Waals surface area contributed by atoms with Crippen molar-refractivity contribution in [2.45, 2.75) is 18.9 Å². The Bertz CT molecular complexity index is 465. The Balaban J connectivity index is 2.27. The minimum atomic E-state index is -0.933. The highest BCUT2D eigenvalue weighted by molar-refractivity contribution is 6.31. The predicted octanol–water partition coefficient (Wildman–Crippen LogP) is 2.13. The number of ketones is 1. The third-order valence-corrected chi connectivity index (χ3v) is 3.50. The maximum Gasteiger partial charge on any atom is 0.325 e. The van der Waals surface area contributed by atoms with E-state index in [0.717, 1.165) is 0 Å². The highest BCUT2D eigenvalue weighted by Crippen LogP contribution is 2.29. The zero-order valence-electron chi connectivity index (χ0n) is 9.80. The molecule has 5 heteroatoms. The van der Waals surface area contributed by atoms with Gasteiger partial charge in [-0.3, -0.25) is 14.5 Å². The van der Waals surface area contributed by atoms with Crippen LogP contribution >= 0.6 is 11.6 Å². The molecule has 1 aliphatic heterocycles. The molecule has 0 saturated carbocycles. The lowest BCUT2D eigenvalue weighted by Gasteiger charge is -2.32. The molecular weight excluding hydrogens is 254 g/mol. The molecule has 1 aromatic carbocycles. The Morgan fingerprint density at radius 2 is 1.89 bits per heavy atom. The first-order chi connectivity index (χ1) is 8.59. The zero-order valence-corrected chi connectivity index (χ0v) is 10.6. The van der Waals surface area contributed by atoms with Gasteiger partial charge in [0.2, 0.25) is 0 Å². The number of rotatable bonds is 3. The van der Waals surface area contributed by atoms with Crippen LogP contribution in [-0.4, -0.2) is 34.8 Å². The second kappa shape index (κ2) is 5.50. The predicted molar refractivity (Wildman–Crippen MR) is 67.6 cm³/mol. The zero-order chi connectivity index (χ0) is 13.1. The summed E-state index contributed by atoms with van der Waals surface area (Å²) in [5, 5.41) is 9.83. The molecule has 2 rings (SSSR count). The molecule has 1 N–H and O–H groups in total. The fourth-order valence-electron chi connectivity index (χ4n) is 2.21. The van der Waals surface area contributed by atoms with Gasteiger partial charge in [0.15, 0.2) is 0 Å². The van der Waals surface area contributed by atoms with E-state index in [2.05, 4.69) is 0 Å². The third-order valence-electron chi connectivity index (χ3n) is 3.15. The van der Waals surface area contributed by atoms with E-state index in [4.69, 9.17) is 11.6 Å². The van der Waals surface area contributed by atoms with E-state index in [1.807, 2.05) is 0 Å². The number of hydrogen-bond donors (Lipinski definition) is 1. The van der Waals surface area contributed by atoms with Gasteiger partial charge in [0.25, 0.3) is 0 Å². The van der Waals surface area contributed by atoms with E-state index >= 15 is 0 Å². The van der Waals surface area contributed by atoms with Gasteiger partial charge in [-0.1, -0.05) is 29.8 Å². The quantitative estimate of drug-likeness (QED) is 0.911. The lowest BCUT2D eigenvalue weighted by atomic mass is 10.0. The van der Waals surface area contributed by atoms with Gasteiger partial charge in [0.1, 0.15) is 11.8 Å². The summed E-state index contributed by atoms with van der Waals surface area (Å²) in [6.45, 7) is 0.946. The highest BCUT2D eigenvalue weighted by atomic mass is 35.5. The molecule has 0 aliphatic carbocycles. The van der Waals surface area contributed by atoms with Crippen LogP contribution in [0.15, 0.2) is 24.3 Å². The Morgan fingerprint density at radius 3 is 2.44 bits per heavy atom. The molecular formula is C13H14ClNO3. The first kappa shape index (κ1) is 13.1. The number of aliphatic carboxylic acids is 1. The Kier molecular flexibility index (Phi) is 3.99. The SMILES string of the molecule is O=C1CCN(C(C(=O)O)c2ccccc2Cl)CC1. The second-order valence-electron chi connectivity index (χ2n) is 4.34. The van der Waals surface area contributed by atoms with E-state index in [9.17, 15) is 14.7 Å². The molecule has 0 spiro atoms. The molecule has 1 heterocycles. The number of nitrogens with zero attached hydrogens (tertiary/aromatic N) is 1. The normalized spacial score (nSPS) is 18.6. The molecule has 0 aromatic heterocycles. The average Bonchev–Trinajstić information content (AvgIpc) is 2.34. The maximum atomic E-state index is 11.4. The molecule has 1 atom stereocenters. The standard InChI is InChI=1S/C13H14ClNO3/c14-11-4-2-1-3-10(11)12(13(17)18)15-7-5-9(16)6-8-15/h1-4,12H,5-8H2,(H,17,18). The van der Waals surface area contributed by atoms with E-state index in [-0.39, 0.29) is 5.78 Å². The number of benzene rings is 1. The van der Waals surface area contributed by atoms with Gasteiger partial charge >= 0.3 is 5.97 Å². The van der Waals surface area contributed by atoms with E-state index in [0.29, 0.717) is 36.5 Å². The van der Waals surface area contributed by atoms with E-state index in [1.54, 1.807) is 29.2 Å². The van der Waals surface area contributed by atoms with Crippen LogP contribution in [0.2, 0.25) is 5.02 Å². The number of likely N-dealkylation sites (tertiary alicyclic amines) is 1. The van der Waals surface area contributed by atoms with Crippen molar-refractivity contribution in [2.75, 3.05) is 13.1 Å². The van der Waals surface area contributed by atoms with Crippen molar-refractivity contribution in [1.82, 2.24) is 4.90 Å². The number of hydrogen-bond acceptors (Lipinski definition) is 3. The molecule has 1 saturated heterocycles. The molecule has 96 valence electrons. The summed E-state index contributed by atoms with van der Waals surface area (Å²) in [5.74, 6) is -0.744. The van der Waals surface area contributed by atoms with Crippen molar-refractivity contribution >= 4 is 23.4 Å². The number of halogens is 1. The minimum absolute atomic E-state index is 0.189. The van der Waals surface area contributed by atoms with Crippen molar-refractivity contribution in [3.8, 4) is 0 Å². The summed E-state index contributed by atoms with van der Waals surface area (Å²) < 4.78 is 0. The van der Waals surface area contributed by atoms with Crippen molar-refractivity contribution in [3.63, 3.8) is 0 Å². The fourth-order valence-corrected chi connectivity index (χ4v) is 2.45. The first-order valence-corrected chi connectivity index (χ1v) is 6.20. The van der Waals surface area contributed by atoms with Crippen LogP contribution in [0.5, 0.6) is 0 Å². The van der Waals surface area contributed by atoms with E-state index in [1.165, 1.54) is 0 Å². The largest absolute Gasteiger partial charge is 0.480 e. The van der Waals surface area contributed by atoms with Crippen LogP contribution in [0.3, 0.4) is 0 Å². The molecule has 0 radical (unpaired) electrons. The number of carboxylic acids is 1. The maximum absolute atomic E-state index is 11.4. The molecule has 1 unspecified atom stereocenters. The van der Waals surface area contributed by atoms with Gasteiger partial charge in [-0.25, -0.2) is 0 Å². The van der Waals surface area contributed by atoms with Crippen LogP contribution in [0.1, 0.15) is 24.4 Å². The van der Waals surface area contributed by atoms with Gasteiger partial charge < -0.3 is 5.11 Å². The minimum Gasteiger partial charge on any atom is -0.480 e. The third kappa shape index (κ3) is 2.71. The number of Topliss-reactive ketones (excluding diaryl/α,β-unsaturated/α-hetero) is 1. The van der Waals surface area contributed by atoms with Gasteiger partial charge in [0, 0.05) is 31.0 Å². The summed E-state index contributed by atoms with van der Waals surface area (Å²) in [6.07, 6.45) is 0.822. The van der Waals surface area contributed by atoms with E-state index < -0.39 is 12.0 Å². The van der Waals surface area contributed by atoms with Crippen LogP contribution < -0.4 is 0 Å². The van der Waals surface area contributed by atoms with Crippen LogP contribution in [0.25, 0.3) is 0 Å². The van der Waals surface area contributed by atoms with Crippen molar-refractivity contribution in [3.05, 3.63) is 34.9 Å². The summed E-state index contributed by atoms with van der Waals surface area (Å²) in [4.78, 5) is 24.4. The van der Waals surface area contributed by atoms with Crippen molar-refractivity contribution in [2.24, 2.45) is 0 Å². The average molecular weight is 268 g/mol. The molecule has 0 bridgehead atoms. The Hall–Kier alpha value is -1.39. The van der Waals surface area contributed by atoms with Crippen LogP contribution in [0.4, 0.5) is 0 Å². The molecule has 1 aromatic rings. The lowest BCUT2D eigenvalue weighted by Crippen LogP contribution is -2.40. The van der Waals surface area contributed by atoms with Crippen LogP contribution in [0, 0.1) is 0 Å². The molecule has 0 amide bonds.